The summed E-state index contributed by atoms with van der Waals surface area (Å²) in [5.74, 6) is 1.14. The van der Waals surface area contributed by atoms with Crippen LogP contribution in [0, 0.1) is 11.8 Å². The van der Waals surface area contributed by atoms with Crippen molar-refractivity contribution < 1.29 is 14.3 Å². The number of anilines is 3. The fraction of sp³-hybridized carbons (Fsp3) is 0.367. The van der Waals surface area contributed by atoms with Crippen LogP contribution in [0.25, 0.3) is 0 Å². The van der Waals surface area contributed by atoms with E-state index in [0.717, 1.165) is 51.5 Å². The number of methoxy groups -OCH3 is 2. The first-order chi connectivity index (χ1) is 18.1. The van der Waals surface area contributed by atoms with E-state index in [1.807, 2.05) is 24.3 Å². The lowest BCUT2D eigenvalue weighted by molar-refractivity contribution is -0.118. The van der Waals surface area contributed by atoms with Crippen molar-refractivity contribution in [1.82, 2.24) is 0 Å². The predicted molar refractivity (Wildman–Crippen MR) is 158 cm³/mol. The molecule has 7 heteroatoms. The average molecular weight is 612 g/mol. The molecule has 37 heavy (non-hydrogen) atoms. The highest BCUT2D eigenvalue weighted by Crippen LogP contribution is 2.45. The van der Waals surface area contributed by atoms with Crippen LogP contribution in [-0.2, 0) is 14.3 Å². The lowest BCUT2D eigenvalue weighted by Gasteiger charge is -2.37. The third kappa shape index (κ3) is 5.03. The Hall–Kier alpha value is -2.78. The molecule has 0 saturated heterocycles. The van der Waals surface area contributed by atoms with Gasteiger partial charge in [0, 0.05) is 43.0 Å². The molecule has 1 aliphatic heterocycles. The molecular weight excluding hydrogens is 577 g/mol. The number of hydrogen-bond donors (Lipinski definition) is 2. The molecule has 194 valence electrons. The van der Waals surface area contributed by atoms with E-state index < -0.39 is 0 Å². The van der Waals surface area contributed by atoms with Gasteiger partial charge in [-0.3, -0.25) is 4.79 Å². The summed E-state index contributed by atoms with van der Waals surface area (Å²) in [6, 6.07) is 16.6. The van der Waals surface area contributed by atoms with Crippen molar-refractivity contribution in [3.63, 3.8) is 0 Å². The molecule has 0 spiro atoms. The summed E-state index contributed by atoms with van der Waals surface area (Å²) in [4.78, 5) is 16.2. The highest BCUT2D eigenvalue weighted by molar-refractivity contribution is 14.1. The van der Waals surface area contributed by atoms with Crippen molar-refractivity contribution >= 4 is 45.4 Å². The van der Waals surface area contributed by atoms with Crippen LogP contribution in [0.2, 0.25) is 0 Å². The zero-order valence-corrected chi connectivity index (χ0v) is 23.7. The largest absolute Gasteiger partial charge is 0.498 e. The molecule has 4 unspecified atom stereocenters. The minimum Gasteiger partial charge on any atom is -0.498 e. The number of ether oxygens (including phenoxy) is 2. The van der Waals surface area contributed by atoms with E-state index in [0.29, 0.717) is 6.42 Å². The second-order valence-electron chi connectivity index (χ2n) is 9.69. The van der Waals surface area contributed by atoms with E-state index in [-0.39, 0.29) is 29.8 Å². The van der Waals surface area contributed by atoms with Gasteiger partial charge in [0.15, 0.2) is 5.78 Å². The number of carbonyl (C=O) groups is 1. The van der Waals surface area contributed by atoms with Gasteiger partial charge in [0.25, 0.3) is 0 Å². The SMILES string of the molecule is CCN(CI)c1ccc(C2Nc3ccccc3NC3=C2C(=O)CC(C2C=CC=C(OC)C2OC)C3)cc1. The molecule has 2 N–H and O–H groups in total. The molecule has 5 rings (SSSR count). The third-order valence-corrected chi connectivity index (χ3v) is 8.54. The number of Topliss-reactive ketones (excluding diaryl/α,β-unsaturated/α-hetero) is 1. The van der Waals surface area contributed by atoms with E-state index >= 15 is 0 Å². The Bertz CT molecular complexity index is 1230. The summed E-state index contributed by atoms with van der Waals surface area (Å²) in [5.41, 5.74) is 6.08. The standard InChI is InChI=1S/C30H34IN3O3/c1-4-34(18-31)21-14-12-19(13-15-21)29-28-25(32-23-9-5-6-10-24(23)33-29)16-20(17-26(28)35)22-8-7-11-27(36-2)30(22)37-3/h5-15,20,22,29-30,32-33H,4,16-18H2,1-3H3. The summed E-state index contributed by atoms with van der Waals surface area (Å²) in [6.07, 6.45) is 7.15. The van der Waals surface area contributed by atoms with Crippen LogP contribution in [0.1, 0.15) is 31.4 Å². The van der Waals surface area contributed by atoms with Crippen molar-refractivity contribution in [3.8, 4) is 0 Å². The summed E-state index contributed by atoms with van der Waals surface area (Å²) in [5, 5.41) is 7.33. The Morgan fingerprint density at radius 2 is 1.81 bits per heavy atom. The van der Waals surface area contributed by atoms with E-state index in [2.05, 4.69) is 87.5 Å². The molecule has 0 amide bonds. The first-order valence-corrected chi connectivity index (χ1v) is 14.3. The van der Waals surface area contributed by atoms with Gasteiger partial charge in [-0.25, -0.2) is 0 Å². The molecule has 3 aliphatic rings. The minimum atomic E-state index is -0.224. The number of allylic oxidation sites excluding steroid dienone is 3. The Balaban J connectivity index is 1.52. The van der Waals surface area contributed by atoms with Gasteiger partial charge in [0.1, 0.15) is 11.9 Å². The fourth-order valence-corrected chi connectivity index (χ4v) is 6.66. The van der Waals surface area contributed by atoms with Crippen molar-refractivity contribution in [3.05, 3.63) is 89.4 Å². The smallest absolute Gasteiger partial charge is 0.163 e. The Morgan fingerprint density at radius 3 is 2.49 bits per heavy atom. The summed E-state index contributed by atoms with van der Waals surface area (Å²) < 4.78 is 12.4. The van der Waals surface area contributed by atoms with E-state index in [4.69, 9.17) is 9.47 Å². The van der Waals surface area contributed by atoms with Crippen LogP contribution in [-0.4, -0.2) is 37.2 Å². The lowest BCUT2D eigenvalue weighted by Crippen LogP contribution is -2.37. The van der Waals surface area contributed by atoms with Crippen molar-refractivity contribution in [1.29, 1.82) is 0 Å². The van der Waals surface area contributed by atoms with Gasteiger partial charge in [-0.05, 0) is 55.2 Å². The molecule has 2 aromatic rings. The van der Waals surface area contributed by atoms with Gasteiger partial charge in [0.05, 0.1) is 29.1 Å². The lowest BCUT2D eigenvalue weighted by atomic mass is 9.73. The van der Waals surface area contributed by atoms with Gasteiger partial charge < -0.3 is 25.0 Å². The Morgan fingerprint density at radius 1 is 1.05 bits per heavy atom. The molecule has 1 heterocycles. The van der Waals surface area contributed by atoms with E-state index in [9.17, 15) is 4.79 Å². The first kappa shape index (κ1) is 25.9. The molecule has 2 aliphatic carbocycles. The molecule has 6 nitrogen and oxygen atoms in total. The maximum Gasteiger partial charge on any atom is 0.163 e. The van der Waals surface area contributed by atoms with Gasteiger partial charge in [0.2, 0.25) is 0 Å². The summed E-state index contributed by atoms with van der Waals surface area (Å²) >= 11 is 2.39. The number of para-hydroxylation sites is 2. The van der Waals surface area contributed by atoms with Crippen LogP contribution in [0.5, 0.6) is 0 Å². The maximum absolute atomic E-state index is 13.9. The number of alkyl halides is 1. The Labute approximate surface area is 232 Å². The first-order valence-electron chi connectivity index (χ1n) is 12.8. The van der Waals surface area contributed by atoms with Crippen LogP contribution < -0.4 is 15.5 Å². The van der Waals surface area contributed by atoms with Gasteiger partial charge in [-0.15, -0.1) is 0 Å². The Kier molecular flexibility index (Phi) is 7.90. The van der Waals surface area contributed by atoms with Crippen molar-refractivity contribution in [2.24, 2.45) is 11.8 Å². The number of hydrogen-bond acceptors (Lipinski definition) is 6. The number of nitrogens with zero attached hydrogens (tertiary/aromatic N) is 1. The highest BCUT2D eigenvalue weighted by atomic mass is 127. The van der Waals surface area contributed by atoms with Crippen molar-refractivity contribution in [2.45, 2.75) is 31.9 Å². The van der Waals surface area contributed by atoms with E-state index in [1.54, 1.807) is 14.2 Å². The van der Waals surface area contributed by atoms with E-state index in [1.165, 1.54) is 5.69 Å². The van der Waals surface area contributed by atoms with Crippen LogP contribution >= 0.6 is 22.6 Å². The van der Waals surface area contributed by atoms with Gasteiger partial charge in [-0.2, -0.15) is 0 Å². The molecule has 2 aromatic carbocycles. The maximum atomic E-state index is 13.9. The number of fused-ring (bicyclic) bond motifs is 1. The molecule has 0 radical (unpaired) electrons. The molecular formula is C30H34IN3O3. The molecule has 0 bridgehead atoms. The number of halogens is 1. The zero-order chi connectivity index (χ0) is 25.9. The topological polar surface area (TPSA) is 62.8 Å². The second kappa shape index (κ2) is 11.3. The van der Waals surface area contributed by atoms with Gasteiger partial charge in [-0.1, -0.05) is 59.0 Å². The number of nitrogens with one attached hydrogen (secondary N) is 2. The third-order valence-electron chi connectivity index (χ3n) is 7.72. The normalized spacial score (nSPS) is 24.8. The van der Waals surface area contributed by atoms with Crippen molar-refractivity contribution in [2.75, 3.05) is 40.8 Å². The molecule has 0 aromatic heterocycles. The summed E-state index contributed by atoms with van der Waals surface area (Å²) in [7, 11) is 3.38. The molecule has 4 atom stereocenters. The minimum absolute atomic E-state index is 0.0576. The van der Waals surface area contributed by atoms with Crippen LogP contribution in [0.15, 0.2) is 83.8 Å². The highest BCUT2D eigenvalue weighted by Gasteiger charge is 2.41. The van der Waals surface area contributed by atoms with Crippen LogP contribution in [0.4, 0.5) is 17.1 Å². The predicted octanol–water partition coefficient (Wildman–Crippen LogP) is 6.45. The second-order valence-corrected chi connectivity index (χ2v) is 10.4. The molecule has 0 fully saturated rings. The van der Waals surface area contributed by atoms with Gasteiger partial charge >= 0.3 is 0 Å². The number of ketones is 1. The fourth-order valence-electron chi connectivity index (χ4n) is 5.78. The average Bonchev–Trinajstić information content (AvgIpc) is 3.10. The molecule has 0 saturated carbocycles. The number of benzene rings is 2. The monoisotopic (exact) mass is 611 g/mol. The number of rotatable bonds is 7. The number of carbonyl (C=O) groups excluding carboxylic acids is 1. The quantitative estimate of drug-likeness (QED) is 0.213. The zero-order valence-electron chi connectivity index (χ0n) is 21.5. The van der Waals surface area contributed by atoms with Crippen LogP contribution in [0.3, 0.4) is 0 Å². The summed E-state index contributed by atoms with van der Waals surface area (Å²) in [6.45, 7) is 3.12.